The van der Waals surface area contributed by atoms with Crippen molar-refractivity contribution in [2.24, 2.45) is 0 Å². The predicted octanol–water partition coefficient (Wildman–Crippen LogP) is 1.44. The van der Waals surface area contributed by atoms with Crippen LogP contribution in [0.15, 0.2) is 36.4 Å². The first-order chi connectivity index (χ1) is 9.61. The molecule has 0 saturated carbocycles. The van der Waals surface area contributed by atoms with Crippen molar-refractivity contribution in [1.29, 1.82) is 0 Å². The Balaban J connectivity index is 2.02. The number of nitrogens with zero attached hydrogens (tertiary/aromatic N) is 1. The molecule has 0 fully saturated rings. The molecule has 5 nitrogen and oxygen atoms in total. The minimum Gasteiger partial charge on any atom is -0.464 e. The van der Waals surface area contributed by atoms with Gasteiger partial charge in [-0.2, -0.15) is 0 Å². The maximum absolute atomic E-state index is 11.5. The molecule has 0 bridgehead atoms. The third kappa shape index (κ3) is 3.24. The van der Waals surface area contributed by atoms with Crippen LogP contribution in [0.4, 0.5) is 5.69 Å². The molecule has 1 aromatic rings. The summed E-state index contributed by atoms with van der Waals surface area (Å²) < 4.78 is 4.86. The van der Waals surface area contributed by atoms with Crippen molar-refractivity contribution in [3.63, 3.8) is 0 Å². The molecule has 0 unspecified atom stereocenters. The van der Waals surface area contributed by atoms with Gasteiger partial charge in [0.25, 0.3) is 11.8 Å². The fraction of sp³-hybridized carbons (Fsp3) is 0.214. The molecule has 1 aliphatic heterocycles. The summed E-state index contributed by atoms with van der Waals surface area (Å²) in [7, 11) is 0. The normalized spacial score (nSPS) is 13.9. The number of carbonyl (C=O) groups excluding carboxylic acids is 3. The minimum absolute atomic E-state index is 0.122. The molecule has 104 valence electrons. The molecule has 0 saturated heterocycles. The van der Waals surface area contributed by atoms with E-state index in [2.05, 4.69) is 0 Å². The van der Waals surface area contributed by atoms with Crippen LogP contribution in [-0.4, -0.2) is 30.3 Å². The van der Waals surface area contributed by atoms with E-state index < -0.39 is 0 Å². The lowest BCUT2D eigenvalue weighted by Gasteiger charge is -2.14. The van der Waals surface area contributed by atoms with E-state index >= 15 is 0 Å². The second-order valence-electron chi connectivity index (χ2n) is 4.10. The third-order valence-electron chi connectivity index (χ3n) is 2.69. The average Bonchev–Trinajstić information content (AvgIpc) is 2.77. The highest BCUT2D eigenvalue weighted by Gasteiger charge is 2.24. The number of hydrogen-bond donors (Lipinski definition) is 0. The second kappa shape index (κ2) is 6.34. The molecule has 1 aromatic carbocycles. The van der Waals surface area contributed by atoms with Gasteiger partial charge in [-0.15, -0.1) is 11.6 Å². The highest BCUT2D eigenvalue weighted by Crippen LogP contribution is 2.19. The molecule has 0 N–H and O–H groups in total. The molecule has 0 aromatic heterocycles. The molecule has 0 radical (unpaired) electrons. The van der Waals surface area contributed by atoms with Crippen LogP contribution in [-0.2, 0) is 25.5 Å². The fourth-order valence-electron chi connectivity index (χ4n) is 1.79. The monoisotopic (exact) mass is 293 g/mol. The van der Waals surface area contributed by atoms with Crippen molar-refractivity contribution in [2.45, 2.75) is 6.42 Å². The lowest BCUT2D eigenvalue weighted by Crippen LogP contribution is -2.29. The van der Waals surface area contributed by atoms with E-state index in [-0.39, 0.29) is 36.7 Å². The fourth-order valence-corrected chi connectivity index (χ4v) is 1.86. The van der Waals surface area contributed by atoms with Gasteiger partial charge in [0.1, 0.15) is 6.61 Å². The third-order valence-corrected chi connectivity index (χ3v) is 2.85. The van der Waals surface area contributed by atoms with Gasteiger partial charge in [-0.1, -0.05) is 12.1 Å². The van der Waals surface area contributed by atoms with Gasteiger partial charge in [0, 0.05) is 12.2 Å². The van der Waals surface area contributed by atoms with E-state index in [0.717, 1.165) is 10.5 Å². The Labute approximate surface area is 120 Å². The summed E-state index contributed by atoms with van der Waals surface area (Å²) in [5.74, 6) is -0.849. The van der Waals surface area contributed by atoms with Gasteiger partial charge in [-0.25, -0.2) is 4.90 Å². The van der Waals surface area contributed by atoms with Crippen LogP contribution in [0.1, 0.15) is 5.56 Å². The molecule has 0 atom stereocenters. The van der Waals surface area contributed by atoms with Gasteiger partial charge in [-0.05, 0) is 17.7 Å². The predicted molar refractivity (Wildman–Crippen MR) is 73.5 cm³/mol. The van der Waals surface area contributed by atoms with Crippen molar-refractivity contribution in [3.05, 3.63) is 42.0 Å². The first-order valence-corrected chi connectivity index (χ1v) is 6.52. The molecule has 0 spiro atoms. The highest BCUT2D eigenvalue weighted by atomic mass is 35.5. The van der Waals surface area contributed by atoms with Crippen molar-refractivity contribution in [3.8, 4) is 0 Å². The second-order valence-corrected chi connectivity index (χ2v) is 4.48. The molecule has 2 amide bonds. The number of esters is 1. The highest BCUT2D eigenvalue weighted by molar-refractivity contribution is 6.28. The lowest BCUT2D eigenvalue weighted by atomic mass is 10.1. The minimum atomic E-state index is -0.371. The van der Waals surface area contributed by atoms with Crippen molar-refractivity contribution in [1.82, 2.24) is 0 Å². The van der Waals surface area contributed by atoms with Crippen LogP contribution < -0.4 is 4.90 Å². The van der Waals surface area contributed by atoms with Gasteiger partial charge < -0.3 is 4.74 Å². The Morgan fingerprint density at radius 3 is 2.25 bits per heavy atom. The van der Waals surface area contributed by atoms with Crippen LogP contribution in [0.2, 0.25) is 0 Å². The Bertz CT molecular complexity index is 547. The largest absolute Gasteiger partial charge is 0.464 e. The van der Waals surface area contributed by atoms with Gasteiger partial charge in [0.15, 0.2) is 0 Å². The number of amides is 2. The summed E-state index contributed by atoms with van der Waals surface area (Å²) in [5, 5.41) is 0. The maximum atomic E-state index is 11.5. The Morgan fingerprint density at radius 1 is 1.10 bits per heavy atom. The van der Waals surface area contributed by atoms with E-state index in [4.69, 9.17) is 16.3 Å². The summed E-state index contributed by atoms with van der Waals surface area (Å²) in [4.78, 5) is 35.5. The molecule has 20 heavy (non-hydrogen) atoms. The van der Waals surface area contributed by atoms with E-state index in [1.54, 1.807) is 24.3 Å². The Kier molecular flexibility index (Phi) is 4.53. The molecule has 2 rings (SSSR count). The van der Waals surface area contributed by atoms with Crippen LogP contribution in [0.3, 0.4) is 0 Å². The van der Waals surface area contributed by atoms with Crippen LogP contribution >= 0.6 is 11.6 Å². The number of anilines is 1. The number of carbonyl (C=O) groups is 3. The van der Waals surface area contributed by atoms with Gasteiger partial charge in [0.05, 0.1) is 18.0 Å². The first kappa shape index (κ1) is 14.3. The van der Waals surface area contributed by atoms with E-state index in [9.17, 15) is 14.4 Å². The molecule has 6 heteroatoms. The van der Waals surface area contributed by atoms with Crippen molar-refractivity contribution in [2.75, 3.05) is 17.4 Å². The summed E-state index contributed by atoms with van der Waals surface area (Å²) in [5.41, 5.74) is 1.21. The standard InChI is InChI=1S/C14H12ClNO4/c15-7-8-20-14(19)9-10-1-3-11(4-2-10)16-12(17)5-6-13(16)18/h1-6H,7-9H2. The zero-order chi connectivity index (χ0) is 14.5. The van der Waals surface area contributed by atoms with Crippen LogP contribution in [0.25, 0.3) is 0 Å². The zero-order valence-corrected chi connectivity index (χ0v) is 11.3. The SMILES string of the molecule is O=C(Cc1ccc(N2C(=O)C=CC2=O)cc1)OCCCl. The molecular formula is C14H12ClNO4. The van der Waals surface area contributed by atoms with Crippen LogP contribution in [0.5, 0.6) is 0 Å². The summed E-state index contributed by atoms with van der Waals surface area (Å²) in [6.07, 6.45) is 2.57. The van der Waals surface area contributed by atoms with E-state index in [1.165, 1.54) is 12.2 Å². The van der Waals surface area contributed by atoms with E-state index in [0.29, 0.717) is 5.69 Å². The molecule has 1 aliphatic rings. The number of alkyl halides is 1. The summed E-state index contributed by atoms with van der Waals surface area (Å²) in [6.45, 7) is 0.181. The number of imide groups is 1. The van der Waals surface area contributed by atoms with Crippen molar-refractivity contribution >= 4 is 35.1 Å². The number of benzene rings is 1. The van der Waals surface area contributed by atoms with Crippen LogP contribution in [0, 0.1) is 0 Å². The number of rotatable bonds is 5. The smallest absolute Gasteiger partial charge is 0.310 e. The topological polar surface area (TPSA) is 63.7 Å². The Morgan fingerprint density at radius 2 is 1.70 bits per heavy atom. The first-order valence-electron chi connectivity index (χ1n) is 5.98. The quantitative estimate of drug-likeness (QED) is 0.468. The zero-order valence-electron chi connectivity index (χ0n) is 10.5. The molecule has 1 heterocycles. The Hall–Kier alpha value is -2.14. The number of halogens is 1. The number of hydrogen-bond acceptors (Lipinski definition) is 4. The summed E-state index contributed by atoms with van der Waals surface area (Å²) >= 11 is 5.42. The van der Waals surface area contributed by atoms with E-state index in [1.807, 2.05) is 0 Å². The molecule has 0 aliphatic carbocycles. The summed E-state index contributed by atoms with van der Waals surface area (Å²) in [6, 6.07) is 6.59. The lowest BCUT2D eigenvalue weighted by molar-refractivity contribution is -0.142. The number of ether oxygens (including phenoxy) is 1. The maximum Gasteiger partial charge on any atom is 0.310 e. The average molecular weight is 294 g/mol. The van der Waals surface area contributed by atoms with Gasteiger partial charge >= 0.3 is 5.97 Å². The molecular weight excluding hydrogens is 282 g/mol. The van der Waals surface area contributed by atoms with Gasteiger partial charge in [0.2, 0.25) is 0 Å². The van der Waals surface area contributed by atoms with Gasteiger partial charge in [-0.3, -0.25) is 14.4 Å². The van der Waals surface area contributed by atoms with Crippen molar-refractivity contribution < 1.29 is 19.1 Å².